The Kier molecular flexibility index (Phi) is 5.31. The Morgan fingerprint density at radius 1 is 1.37 bits per heavy atom. The predicted octanol–water partition coefficient (Wildman–Crippen LogP) is 3.48. The van der Waals surface area contributed by atoms with E-state index in [1.807, 2.05) is 20.8 Å². The third kappa shape index (κ3) is 4.80. The van der Waals surface area contributed by atoms with E-state index in [1.54, 1.807) is 0 Å². The lowest BCUT2D eigenvalue weighted by atomic mass is 10.2. The molecule has 19 heavy (non-hydrogen) atoms. The molecular weight excluding hydrogens is 319 g/mol. The van der Waals surface area contributed by atoms with Gasteiger partial charge in [-0.1, -0.05) is 0 Å². The van der Waals surface area contributed by atoms with Gasteiger partial charge in [-0.15, -0.1) is 0 Å². The summed E-state index contributed by atoms with van der Waals surface area (Å²) < 4.78 is 24.3. The fraction of sp³-hybridized carbons (Fsp3) is 0.462. The number of rotatable bonds is 5. The molecule has 0 aromatic heterocycles. The average molecular weight is 335 g/mol. The third-order valence-electron chi connectivity index (χ3n) is 2.15. The van der Waals surface area contributed by atoms with Crippen molar-refractivity contribution in [1.82, 2.24) is 0 Å². The summed E-state index contributed by atoms with van der Waals surface area (Å²) in [4.78, 5) is 10.8. The van der Waals surface area contributed by atoms with Crippen LogP contribution in [0.3, 0.4) is 0 Å². The second-order valence-electron chi connectivity index (χ2n) is 4.85. The van der Waals surface area contributed by atoms with E-state index in [0.29, 0.717) is 6.61 Å². The van der Waals surface area contributed by atoms with Gasteiger partial charge in [-0.2, -0.15) is 0 Å². The van der Waals surface area contributed by atoms with E-state index in [1.165, 1.54) is 12.1 Å². The summed E-state index contributed by atoms with van der Waals surface area (Å²) in [5.41, 5.74) is -0.425. The molecule has 1 N–H and O–H groups in total. The Labute approximate surface area is 119 Å². The number of carboxylic acid groups (broad SMARTS) is 1. The molecule has 0 spiro atoms. The van der Waals surface area contributed by atoms with E-state index < -0.39 is 11.8 Å². The van der Waals surface area contributed by atoms with Crippen molar-refractivity contribution in [2.24, 2.45) is 0 Å². The van der Waals surface area contributed by atoms with Crippen LogP contribution in [0.2, 0.25) is 0 Å². The number of halogens is 2. The molecule has 0 fully saturated rings. The lowest BCUT2D eigenvalue weighted by molar-refractivity contribution is -0.0167. The second kappa shape index (κ2) is 6.34. The van der Waals surface area contributed by atoms with Crippen molar-refractivity contribution >= 4 is 21.9 Å². The van der Waals surface area contributed by atoms with Gasteiger partial charge in [0.25, 0.3) is 0 Å². The van der Waals surface area contributed by atoms with Crippen molar-refractivity contribution in [3.05, 3.63) is 28.0 Å². The number of hydrogen-bond acceptors (Lipinski definition) is 3. The molecule has 0 aliphatic heterocycles. The first-order chi connectivity index (χ1) is 8.72. The zero-order valence-corrected chi connectivity index (χ0v) is 12.6. The highest BCUT2D eigenvalue weighted by Crippen LogP contribution is 2.28. The second-order valence-corrected chi connectivity index (χ2v) is 5.65. The smallest absolute Gasteiger partial charge is 0.336 e. The van der Waals surface area contributed by atoms with Gasteiger partial charge in [-0.05, 0) is 48.8 Å². The number of carbonyl (C=O) groups is 1. The monoisotopic (exact) mass is 334 g/mol. The normalized spacial score (nSPS) is 11.4. The Balaban J connectivity index is 2.66. The van der Waals surface area contributed by atoms with Crippen LogP contribution < -0.4 is 4.74 Å². The third-order valence-corrected chi connectivity index (χ3v) is 2.93. The Morgan fingerprint density at radius 3 is 2.53 bits per heavy atom. The van der Waals surface area contributed by atoms with Crippen LogP contribution in [0.1, 0.15) is 31.1 Å². The van der Waals surface area contributed by atoms with Gasteiger partial charge in [-0.25, -0.2) is 9.18 Å². The van der Waals surface area contributed by atoms with E-state index >= 15 is 0 Å². The molecule has 0 amide bonds. The zero-order chi connectivity index (χ0) is 14.6. The molecule has 0 atom stereocenters. The zero-order valence-electron chi connectivity index (χ0n) is 11.0. The van der Waals surface area contributed by atoms with Crippen LogP contribution in [-0.4, -0.2) is 29.9 Å². The van der Waals surface area contributed by atoms with Gasteiger partial charge in [0.2, 0.25) is 0 Å². The standard InChI is InChI=1S/C13H16BrFO4/c1-13(2,3)19-7-6-18-9-5-4-8(12(16)17)10(14)11(9)15/h4-5H,6-7H2,1-3H3,(H,16,17). The molecule has 1 aromatic rings. The molecular formula is C13H16BrFO4. The number of ether oxygens (including phenoxy) is 2. The summed E-state index contributed by atoms with van der Waals surface area (Å²) >= 11 is 2.91. The van der Waals surface area contributed by atoms with Gasteiger partial charge < -0.3 is 14.6 Å². The van der Waals surface area contributed by atoms with Gasteiger partial charge in [-0.3, -0.25) is 0 Å². The molecule has 0 aliphatic carbocycles. The first-order valence-corrected chi connectivity index (χ1v) is 6.49. The maximum Gasteiger partial charge on any atom is 0.336 e. The van der Waals surface area contributed by atoms with Crippen molar-refractivity contribution in [1.29, 1.82) is 0 Å². The topological polar surface area (TPSA) is 55.8 Å². The lowest BCUT2D eigenvalue weighted by Crippen LogP contribution is -2.22. The van der Waals surface area contributed by atoms with Crippen LogP contribution in [-0.2, 0) is 4.74 Å². The van der Waals surface area contributed by atoms with Crippen LogP contribution in [0, 0.1) is 5.82 Å². The van der Waals surface area contributed by atoms with Crippen molar-refractivity contribution < 1.29 is 23.8 Å². The molecule has 0 saturated heterocycles. The molecule has 0 saturated carbocycles. The van der Waals surface area contributed by atoms with E-state index in [2.05, 4.69) is 15.9 Å². The minimum absolute atomic E-state index is 0.00520. The van der Waals surface area contributed by atoms with Crippen molar-refractivity contribution in [2.45, 2.75) is 26.4 Å². The highest BCUT2D eigenvalue weighted by atomic mass is 79.9. The summed E-state index contributed by atoms with van der Waals surface area (Å²) in [5, 5.41) is 8.83. The van der Waals surface area contributed by atoms with Crippen LogP contribution in [0.25, 0.3) is 0 Å². The SMILES string of the molecule is CC(C)(C)OCCOc1ccc(C(=O)O)c(Br)c1F. The van der Waals surface area contributed by atoms with Crippen LogP contribution >= 0.6 is 15.9 Å². The summed E-state index contributed by atoms with van der Waals surface area (Å²) in [6.07, 6.45) is 0. The Morgan fingerprint density at radius 2 is 2.00 bits per heavy atom. The van der Waals surface area contributed by atoms with Crippen LogP contribution in [0.5, 0.6) is 5.75 Å². The van der Waals surface area contributed by atoms with Crippen molar-refractivity contribution in [3.8, 4) is 5.75 Å². The van der Waals surface area contributed by atoms with Gasteiger partial charge in [0, 0.05) is 0 Å². The Hall–Kier alpha value is -1.14. The minimum atomic E-state index is -1.20. The largest absolute Gasteiger partial charge is 0.488 e. The van der Waals surface area contributed by atoms with Crippen LogP contribution in [0.4, 0.5) is 4.39 Å². The van der Waals surface area contributed by atoms with Crippen molar-refractivity contribution in [2.75, 3.05) is 13.2 Å². The fourth-order valence-corrected chi connectivity index (χ4v) is 1.81. The highest BCUT2D eigenvalue weighted by Gasteiger charge is 2.17. The predicted molar refractivity (Wildman–Crippen MR) is 72.3 cm³/mol. The molecule has 0 bridgehead atoms. The quantitative estimate of drug-likeness (QED) is 0.837. The molecule has 4 nitrogen and oxygen atoms in total. The highest BCUT2D eigenvalue weighted by molar-refractivity contribution is 9.10. The molecule has 0 unspecified atom stereocenters. The number of carboxylic acids is 1. The fourth-order valence-electron chi connectivity index (χ4n) is 1.31. The van der Waals surface area contributed by atoms with Gasteiger partial charge >= 0.3 is 5.97 Å². The molecule has 106 valence electrons. The molecule has 0 heterocycles. The molecule has 1 aromatic carbocycles. The van der Waals surface area contributed by atoms with Gasteiger partial charge in [0.15, 0.2) is 11.6 Å². The average Bonchev–Trinajstić information content (AvgIpc) is 2.28. The number of hydrogen-bond donors (Lipinski definition) is 1. The van der Waals surface area contributed by atoms with Crippen molar-refractivity contribution in [3.63, 3.8) is 0 Å². The maximum absolute atomic E-state index is 13.8. The van der Waals surface area contributed by atoms with E-state index in [4.69, 9.17) is 14.6 Å². The number of benzene rings is 1. The Bertz CT molecular complexity index is 468. The van der Waals surface area contributed by atoms with E-state index in [-0.39, 0.29) is 28.0 Å². The molecule has 1 rings (SSSR count). The molecule has 0 aliphatic rings. The summed E-state index contributed by atoms with van der Waals surface area (Å²) in [6, 6.07) is 2.58. The van der Waals surface area contributed by atoms with Crippen LogP contribution in [0.15, 0.2) is 16.6 Å². The molecule has 0 radical (unpaired) electrons. The van der Waals surface area contributed by atoms with E-state index in [0.717, 1.165) is 0 Å². The summed E-state index contributed by atoms with van der Waals surface area (Å²) in [7, 11) is 0. The van der Waals surface area contributed by atoms with Gasteiger partial charge in [0.05, 0.1) is 22.2 Å². The summed E-state index contributed by atoms with van der Waals surface area (Å²) in [5.74, 6) is -1.93. The van der Waals surface area contributed by atoms with Gasteiger partial charge in [0.1, 0.15) is 6.61 Å². The lowest BCUT2D eigenvalue weighted by Gasteiger charge is -2.19. The van der Waals surface area contributed by atoms with E-state index in [9.17, 15) is 9.18 Å². The first kappa shape index (κ1) is 15.9. The number of aromatic carboxylic acids is 1. The summed E-state index contributed by atoms with van der Waals surface area (Å²) in [6.45, 7) is 6.23. The minimum Gasteiger partial charge on any atom is -0.488 e. The molecule has 6 heteroatoms. The first-order valence-electron chi connectivity index (χ1n) is 5.70. The maximum atomic E-state index is 13.8.